The summed E-state index contributed by atoms with van der Waals surface area (Å²) in [6.45, 7) is 5.14. The van der Waals surface area contributed by atoms with E-state index in [0.717, 1.165) is 12.3 Å². The van der Waals surface area contributed by atoms with E-state index in [4.69, 9.17) is 4.52 Å². The second-order valence-electron chi connectivity index (χ2n) is 3.01. The van der Waals surface area contributed by atoms with E-state index in [9.17, 15) is 17.3 Å². The number of hydrogen-bond donors (Lipinski definition) is 0. The van der Waals surface area contributed by atoms with Crippen LogP contribution in [0.1, 0.15) is 25.5 Å². The van der Waals surface area contributed by atoms with Crippen LogP contribution in [0.2, 0.25) is 0 Å². The minimum absolute atomic E-state index is 0.983. The van der Waals surface area contributed by atoms with Gasteiger partial charge in [-0.15, -0.1) is 0 Å². The molecule has 7 heteroatoms. The highest BCUT2D eigenvalue weighted by atomic mass is 19.5. The standard InChI is InChI=1S/C8H14NO.BF4/c1-3-4-6-9-7-5-8(2)10-9;2-1(3,4)5/h5,7H,3-4,6H2,1-2H3;/q+1;-1. The van der Waals surface area contributed by atoms with Crippen molar-refractivity contribution in [2.75, 3.05) is 0 Å². The van der Waals surface area contributed by atoms with Crippen LogP contribution in [0.4, 0.5) is 17.3 Å². The molecule has 0 fully saturated rings. The predicted octanol–water partition coefficient (Wildman–Crippen LogP) is 2.98. The summed E-state index contributed by atoms with van der Waals surface area (Å²) in [7, 11) is -6.00. The van der Waals surface area contributed by atoms with E-state index in [0.29, 0.717) is 0 Å². The summed E-state index contributed by atoms with van der Waals surface area (Å²) in [5.41, 5.74) is 0. The first-order valence-electron chi connectivity index (χ1n) is 4.66. The Labute approximate surface area is 86.0 Å². The Bertz CT molecular complexity index is 268. The molecule has 0 bridgehead atoms. The zero-order valence-electron chi connectivity index (χ0n) is 8.72. The van der Waals surface area contributed by atoms with Crippen LogP contribution >= 0.6 is 0 Å². The number of rotatable bonds is 3. The molecule has 88 valence electrons. The van der Waals surface area contributed by atoms with E-state index in [-0.39, 0.29) is 0 Å². The molecule has 0 aliphatic heterocycles. The molecule has 1 aromatic rings. The lowest BCUT2D eigenvalue weighted by Crippen LogP contribution is -2.29. The van der Waals surface area contributed by atoms with Crippen molar-refractivity contribution in [3.63, 3.8) is 0 Å². The number of hydrogen-bond acceptors (Lipinski definition) is 1. The summed E-state index contributed by atoms with van der Waals surface area (Å²) in [5.74, 6) is 0.983. The van der Waals surface area contributed by atoms with Crippen LogP contribution in [0.15, 0.2) is 16.8 Å². The SMILES string of the molecule is CCCC[n+]1ccc(C)o1.F[B-](F)(F)F. The lowest BCUT2D eigenvalue weighted by Gasteiger charge is -1.94. The van der Waals surface area contributed by atoms with Gasteiger partial charge in [-0.3, -0.25) is 0 Å². The number of nitrogens with zero attached hydrogens (tertiary/aromatic N) is 1. The van der Waals surface area contributed by atoms with Crippen molar-refractivity contribution in [2.45, 2.75) is 33.2 Å². The normalized spacial score (nSPS) is 10.8. The molecule has 0 spiro atoms. The van der Waals surface area contributed by atoms with Gasteiger partial charge >= 0.3 is 7.25 Å². The molecule has 0 atom stereocenters. The zero-order valence-corrected chi connectivity index (χ0v) is 8.72. The number of aryl methyl sites for hydroxylation is 2. The van der Waals surface area contributed by atoms with Gasteiger partial charge in [-0.2, -0.15) is 0 Å². The molecule has 0 aliphatic rings. The molecule has 0 unspecified atom stereocenters. The van der Waals surface area contributed by atoms with Gasteiger partial charge in [-0.1, -0.05) is 6.92 Å². The molecule has 15 heavy (non-hydrogen) atoms. The third-order valence-electron chi connectivity index (χ3n) is 1.47. The zero-order chi connectivity index (χ0) is 11.9. The minimum Gasteiger partial charge on any atom is -0.418 e. The molecule has 0 saturated carbocycles. The largest absolute Gasteiger partial charge is 0.673 e. The fraction of sp³-hybridized carbons (Fsp3) is 0.625. The molecule has 0 aromatic carbocycles. The van der Waals surface area contributed by atoms with E-state index in [2.05, 4.69) is 6.92 Å². The Morgan fingerprint density at radius 1 is 1.33 bits per heavy atom. The van der Waals surface area contributed by atoms with Crippen LogP contribution < -0.4 is 4.74 Å². The van der Waals surface area contributed by atoms with E-state index in [1.165, 1.54) is 12.8 Å². The van der Waals surface area contributed by atoms with Crippen molar-refractivity contribution in [3.05, 3.63) is 18.0 Å². The van der Waals surface area contributed by atoms with E-state index >= 15 is 0 Å². The van der Waals surface area contributed by atoms with Crippen LogP contribution in [0.3, 0.4) is 0 Å². The molecule has 1 heterocycles. The van der Waals surface area contributed by atoms with E-state index in [1.807, 2.05) is 23.9 Å². The van der Waals surface area contributed by atoms with Crippen molar-refractivity contribution in [3.8, 4) is 0 Å². The van der Waals surface area contributed by atoms with E-state index in [1.54, 1.807) is 0 Å². The molecule has 1 aromatic heterocycles. The Morgan fingerprint density at radius 3 is 2.20 bits per heavy atom. The van der Waals surface area contributed by atoms with Gasteiger partial charge in [0.05, 0.1) is 6.07 Å². The maximum absolute atomic E-state index is 9.75. The van der Waals surface area contributed by atoms with Gasteiger partial charge in [0.2, 0.25) is 6.20 Å². The first-order valence-corrected chi connectivity index (χ1v) is 4.66. The summed E-state index contributed by atoms with van der Waals surface area (Å²) < 4.78 is 46.2. The van der Waals surface area contributed by atoms with Gasteiger partial charge in [-0.05, 0) is 11.2 Å². The van der Waals surface area contributed by atoms with Gasteiger partial charge in [0.25, 0.3) is 0 Å². The van der Waals surface area contributed by atoms with Gasteiger partial charge in [0.15, 0.2) is 12.3 Å². The predicted molar refractivity (Wildman–Crippen MR) is 48.7 cm³/mol. The van der Waals surface area contributed by atoms with Crippen LogP contribution in [-0.4, -0.2) is 7.25 Å². The molecule has 2 nitrogen and oxygen atoms in total. The Hall–Kier alpha value is -1.01. The van der Waals surface area contributed by atoms with Crippen LogP contribution in [0, 0.1) is 6.92 Å². The Morgan fingerprint density at radius 2 is 1.87 bits per heavy atom. The summed E-state index contributed by atoms with van der Waals surface area (Å²) in [6.07, 6.45) is 4.38. The lowest BCUT2D eigenvalue weighted by molar-refractivity contribution is -0.864. The third-order valence-corrected chi connectivity index (χ3v) is 1.47. The van der Waals surface area contributed by atoms with Gasteiger partial charge < -0.3 is 17.3 Å². The van der Waals surface area contributed by atoms with Crippen LogP contribution in [0.25, 0.3) is 0 Å². The average molecular weight is 227 g/mol. The second-order valence-corrected chi connectivity index (χ2v) is 3.01. The average Bonchev–Trinajstić information content (AvgIpc) is 2.45. The van der Waals surface area contributed by atoms with Crippen molar-refractivity contribution >= 4 is 7.25 Å². The summed E-state index contributed by atoms with van der Waals surface area (Å²) >= 11 is 0. The second kappa shape index (κ2) is 6.47. The van der Waals surface area contributed by atoms with Crippen molar-refractivity contribution < 1.29 is 26.5 Å². The Balaban J connectivity index is 0.000000336. The van der Waals surface area contributed by atoms with E-state index < -0.39 is 7.25 Å². The fourth-order valence-electron chi connectivity index (χ4n) is 0.868. The van der Waals surface area contributed by atoms with Crippen molar-refractivity contribution in [2.24, 2.45) is 0 Å². The Kier molecular flexibility index (Phi) is 6.04. The van der Waals surface area contributed by atoms with Crippen molar-refractivity contribution in [1.29, 1.82) is 0 Å². The first kappa shape index (κ1) is 14.0. The maximum Gasteiger partial charge on any atom is 0.673 e. The topological polar surface area (TPSA) is 17.0 Å². The highest BCUT2D eigenvalue weighted by Gasteiger charge is 2.20. The molecular formula is C8H14BF4NO. The fourth-order valence-corrected chi connectivity index (χ4v) is 0.868. The lowest BCUT2D eigenvalue weighted by atomic mass is 10.3. The molecule has 0 amide bonds. The molecule has 0 N–H and O–H groups in total. The molecule has 0 radical (unpaired) electrons. The summed E-state index contributed by atoms with van der Waals surface area (Å²) in [4.78, 5) is 0. The van der Waals surface area contributed by atoms with Gasteiger partial charge in [0, 0.05) is 13.3 Å². The van der Waals surface area contributed by atoms with Gasteiger partial charge in [0.1, 0.15) is 0 Å². The first-order chi connectivity index (χ1) is 6.83. The highest BCUT2D eigenvalue weighted by molar-refractivity contribution is 6.50. The number of aromatic nitrogens is 1. The monoisotopic (exact) mass is 227 g/mol. The summed E-state index contributed by atoms with van der Waals surface area (Å²) in [5, 5.41) is 0. The smallest absolute Gasteiger partial charge is 0.418 e. The van der Waals surface area contributed by atoms with Crippen LogP contribution in [0.5, 0.6) is 0 Å². The maximum atomic E-state index is 9.75. The van der Waals surface area contributed by atoms with Crippen molar-refractivity contribution in [1.82, 2.24) is 0 Å². The third kappa shape index (κ3) is 10.9. The molecule has 1 rings (SSSR count). The molecule has 0 aliphatic carbocycles. The number of unbranched alkanes of at least 4 members (excludes halogenated alkanes) is 1. The number of halogens is 4. The van der Waals surface area contributed by atoms with Crippen LogP contribution in [-0.2, 0) is 6.54 Å². The highest BCUT2D eigenvalue weighted by Crippen LogP contribution is 2.06. The van der Waals surface area contributed by atoms with Gasteiger partial charge in [-0.25, -0.2) is 4.52 Å². The summed E-state index contributed by atoms with van der Waals surface area (Å²) in [6, 6.07) is 1.98. The molecule has 0 saturated heterocycles. The molecular weight excluding hydrogens is 213 g/mol. The quantitative estimate of drug-likeness (QED) is 0.440. The minimum atomic E-state index is -6.00.